The molecule has 0 unspecified atom stereocenters. The topological polar surface area (TPSA) is 110 Å². The Balaban J connectivity index is 1.43. The van der Waals surface area contributed by atoms with Gasteiger partial charge in [-0.2, -0.15) is 13.2 Å². The van der Waals surface area contributed by atoms with Crippen LogP contribution >= 0.6 is 0 Å². The summed E-state index contributed by atoms with van der Waals surface area (Å²) in [5.41, 5.74) is -1.58. The van der Waals surface area contributed by atoms with Gasteiger partial charge >= 0.3 is 12.3 Å². The molecule has 4 N–H and O–H groups in total. The number of halogens is 3. The van der Waals surface area contributed by atoms with E-state index in [1.807, 2.05) is 42.5 Å². The van der Waals surface area contributed by atoms with E-state index in [-0.39, 0.29) is 5.41 Å². The lowest BCUT2D eigenvalue weighted by Gasteiger charge is -2.55. The first kappa shape index (κ1) is 29.4. The summed E-state index contributed by atoms with van der Waals surface area (Å²) in [5.74, 6) is -1.39. The first-order valence-electron chi connectivity index (χ1n) is 14.1. The number of benzene rings is 2. The summed E-state index contributed by atoms with van der Waals surface area (Å²) in [6.07, 6.45) is -3.14. The Bertz CT molecular complexity index is 1290. The number of hydrogen-bond donors (Lipinski definition) is 4. The van der Waals surface area contributed by atoms with Crippen LogP contribution in [0.25, 0.3) is 11.1 Å². The highest BCUT2D eigenvalue weighted by Gasteiger charge is 2.63. The lowest BCUT2D eigenvalue weighted by Crippen LogP contribution is -2.61. The predicted molar refractivity (Wildman–Crippen MR) is 147 cm³/mol. The standard InChI is InChI=1S/C31H37F3N2O5/c1-27(2,40)23-8-6-20(7-9-23)21-4-3-5-24(16-21)36(25(37)22-17-30(41,18-22)31(32,33)34)19-28-10-13-29(14-11-28,15-12-28)35-26(38)39/h3-9,16,22,35,40-41H,10-15,17-19H2,1-2H3,(H,38,39). The highest BCUT2D eigenvalue weighted by Crippen LogP contribution is 2.54. The van der Waals surface area contributed by atoms with Crippen LogP contribution in [-0.4, -0.2) is 51.2 Å². The predicted octanol–water partition coefficient (Wildman–Crippen LogP) is 5.98. The Hall–Kier alpha value is -3.11. The minimum atomic E-state index is -4.80. The molecule has 0 atom stereocenters. The fraction of sp³-hybridized carbons (Fsp3) is 0.548. The third-order valence-electron chi connectivity index (χ3n) is 9.66. The molecule has 0 spiro atoms. The number of rotatable bonds is 7. The Kier molecular flexibility index (Phi) is 7.18. The maximum Gasteiger partial charge on any atom is 0.417 e. The number of carbonyl (C=O) groups is 2. The van der Waals surface area contributed by atoms with Gasteiger partial charge < -0.3 is 25.5 Å². The average Bonchev–Trinajstić information content (AvgIpc) is 2.89. The Morgan fingerprint density at radius 3 is 2.05 bits per heavy atom. The number of nitrogens with one attached hydrogen (secondary N) is 1. The molecule has 0 aliphatic heterocycles. The van der Waals surface area contributed by atoms with Crippen molar-refractivity contribution in [2.45, 2.75) is 88.1 Å². The lowest BCUT2D eigenvalue weighted by atomic mass is 9.57. The third kappa shape index (κ3) is 5.68. The summed E-state index contributed by atoms with van der Waals surface area (Å²) in [6, 6.07) is 14.7. The molecule has 0 radical (unpaired) electrons. The number of fused-ring (bicyclic) bond motifs is 3. The van der Waals surface area contributed by atoms with E-state index in [2.05, 4.69) is 5.32 Å². The molecule has 6 rings (SSSR count). The van der Waals surface area contributed by atoms with Crippen molar-refractivity contribution in [3.05, 3.63) is 54.1 Å². The minimum Gasteiger partial charge on any atom is -0.465 e. The molecule has 222 valence electrons. The number of anilines is 1. The fourth-order valence-corrected chi connectivity index (χ4v) is 6.85. The van der Waals surface area contributed by atoms with E-state index in [0.29, 0.717) is 50.8 Å². The SMILES string of the molecule is CC(C)(O)c1ccc(-c2cccc(N(CC34CCC(NC(=O)O)(CC3)CC4)C(=O)C3CC(O)(C(F)(F)F)C3)c2)cc1. The second-order valence-electron chi connectivity index (χ2n) is 13.0. The molecule has 41 heavy (non-hydrogen) atoms. The van der Waals surface area contributed by atoms with E-state index in [1.165, 1.54) is 0 Å². The fourth-order valence-electron chi connectivity index (χ4n) is 6.85. The van der Waals surface area contributed by atoms with Crippen molar-refractivity contribution in [2.24, 2.45) is 11.3 Å². The zero-order valence-electron chi connectivity index (χ0n) is 23.3. The molecule has 10 heteroatoms. The minimum absolute atomic E-state index is 0.272. The van der Waals surface area contributed by atoms with Gasteiger partial charge in [-0.05, 0) is 99.5 Å². The molecular formula is C31H37F3N2O5. The highest BCUT2D eigenvalue weighted by atomic mass is 19.4. The van der Waals surface area contributed by atoms with Crippen molar-refractivity contribution in [1.29, 1.82) is 0 Å². The van der Waals surface area contributed by atoms with Crippen molar-refractivity contribution in [3.63, 3.8) is 0 Å². The third-order valence-corrected chi connectivity index (χ3v) is 9.66. The van der Waals surface area contributed by atoms with E-state index >= 15 is 0 Å². The molecule has 4 fully saturated rings. The van der Waals surface area contributed by atoms with Crippen LogP contribution in [0, 0.1) is 11.3 Å². The summed E-state index contributed by atoms with van der Waals surface area (Å²) in [7, 11) is 0. The summed E-state index contributed by atoms with van der Waals surface area (Å²) in [5, 5.41) is 32.3. The number of carboxylic acid groups (broad SMARTS) is 1. The van der Waals surface area contributed by atoms with Gasteiger partial charge in [0.1, 0.15) is 0 Å². The number of nitrogens with zero attached hydrogens (tertiary/aromatic N) is 1. The van der Waals surface area contributed by atoms with Gasteiger partial charge in [0.05, 0.1) is 5.60 Å². The summed E-state index contributed by atoms with van der Waals surface area (Å²) >= 11 is 0. The van der Waals surface area contributed by atoms with Gasteiger partial charge in [-0.15, -0.1) is 0 Å². The molecule has 2 amide bonds. The first-order chi connectivity index (χ1) is 19.0. The molecule has 2 aromatic rings. The Morgan fingerprint density at radius 1 is 0.951 bits per heavy atom. The van der Waals surface area contributed by atoms with Crippen molar-refractivity contribution in [2.75, 3.05) is 11.4 Å². The molecule has 0 aromatic heterocycles. The molecule has 2 bridgehead atoms. The smallest absolute Gasteiger partial charge is 0.417 e. The Morgan fingerprint density at radius 2 is 1.54 bits per heavy atom. The zero-order valence-corrected chi connectivity index (χ0v) is 23.3. The second kappa shape index (κ2) is 10.0. The van der Waals surface area contributed by atoms with E-state index in [9.17, 15) is 38.1 Å². The molecular weight excluding hydrogens is 537 g/mol. The lowest BCUT2D eigenvalue weighted by molar-refractivity contribution is -0.295. The number of alkyl halides is 3. The summed E-state index contributed by atoms with van der Waals surface area (Å²) < 4.78 is 40.1. The maximum absolute atomic E-state index is 13.8. The van der Waals surface area contributed by atoms with Gasteiger partial charge in [0.25, 0.3) is 0 Å². The quantitative estimate of drug-likeness (QED) is 0.325. The van der Waals surface area contributed by atoms with Crippen LogP contribution in [0.4, 0.5) is 23.7 Å². The van der Waals surface area contributed by atoms with Gasteiger partial charge in [-0.1, -0.05) is 36.4 Å². The largest absolute Gasteiger partial charge is 0.465 e. The number of carbonyl (C=O) groups excluding carboxylic acids is 1. The zero-order chi connectivity index (χ0) is 29.8. The van der Waals surface area contributed by atoms with Crippen LogP contribution in [0.1, 0.15) is 70.8 Å². The van der Waals surface area contributed by atoms with Crippen LogP contribution in [0.2, 0.25) is 0 Å². The number of aliphatic hydroxyl groups is 2. The van der Waals surface area contributed by atoms with Gasteiger partial charge in [-0.25, -0.2) is 4.79 Å². The van der Waals surface area contributed by atoms with Crippen molar-refractivity contribution < 1.29 is 38.1 Å². The maximum atomic E-state index is 13.8. The molecule has 7 nitrogen and oxygen atoms in total. The van der Waals surface area contributed by atoms with Crippen LogP contribution < -0.4 is 10.2 Å². The monoisotopic (exact) mass is 574 g/mol. The molecule has 2 aromatic carbocycles. The van der Waals surface area contributed by atoms with E-state index in [4.69, 9.17) is 0 Å². The summed E-state index contributed by atoms with van der Waals surface area (Å²) in [4.78, 5) is 26.8. The van der Waals surface area contributed by atoms with Crippen molar-refractivity contribution in [3.8, 4) is 11.1 Å². The van der Waals surface area contributed by atoms with E-state index < -0.39 is 53.7 Å². The second-order valence-corrected chi connectivity index (χ2v) is 13.0. The molecule has 4 saturated carbocycles. The first-order valence-corrected chi connectivity index (χ1v) is 14.1. The average molecular weight is 575 g/mol. The molecule has 0 heterocycles. The summed E-state index contributed by atoms with van der Waals surface area (Å²) in [6.45, 7) is 3.71. The van der Waals surface area contributed by atoms with E-state index in [1.54, 1.807) is 24.8 Å². The highest BCUT2D eigenvalue weighted by molar-refractivity contribution is 5.96. The Labute approximate surface area is 237 Å². The number of amides is 2. The van der Waals surface area contributed by atoms with Crippen LogP contribution in [0.3, 0.4) is 0 Å². The molecule has 4 aliphatic rings. The van der Waals surface area contributed by atoms with E-state index in [0.717, 1.165) is 16.7 Å². The van der Waals surface area contributed by atoms with Crippen molar-refractivity contribution >= 4 is 17.7 Å². The van der Waals surface area contributed by atoms with Gasteiger partial charge in [-0.3, -0.25) is 4.79 Å². The number of hydrogen-bond acceptors (Lipinski definition) is 4. The van der Waals surface area contributed by atoms with Crippen LogP contribution in [0.5, 0.6) is 0 Å². The molecule has 0 saturated heterocycles. The normalized spacial score (nSPS) is 29.5. The van der Waals surface area contributed by atoms with Crippen LogP contribution in [0.15, 0.2) is 48.5 Å². The molecule has 4 aliphatic carbocycles. The van der Waals surface area contributed by atoms with Crippen LogP contribution in [-0.2, 0) is 10.4 Å². The van der Waals surface area contributed by atoms with Gasteiger partial charge in [0.15, 0.2) is 5.60 Å². The van der Waals surface area contributed by atoms with Gasteiger partial charge in [0.2, 0.25) is 5.91 Å². The van der Waals surface area contributed by atoms with Crippen molar-refractivity contribution in [1.82, 2.24) is 5.32 Å². The van der Waals surface area contributed by atoms with Gasteiger partial charge in [0, 0.05) is 23.7 Å².